The SMILES string of the molecule is CC/C=C\C/C=C\C/C=C\C/C=C\CCCCC(=O)NC(COC1OC(CO)C(O)C(O)C1O)C(O)/C=C/CC/C=C/CCCCC. The van der Waals surface area contributed by atoms with E-state index in [1.807, 2.05) is 6.08 Å². The van der Waals surface area contributed by atoms with Crippen molar-refractivity contribution in [3.63, 3.8) is 0 Å². The van der Waals surface area contributed by atoms with Crippen molar-refractivity contribution >= 4 is 5.91 Å². The van der Waals surface area contributed by atoms with E-state index >= 15 is 0 Å². The van der Waals surface area contributed by atoms with Gasteiger partial charge in [0.05, 0.1) is 25.4 Å². The Morgan fingerprint density at radius 3 is 1.96 bits per heavy atom. The largest absolute Gasteiger partial charge is 0.394 e. The minimum absolute atomic E-state index is 0.223. The highest BCUT2D eigenvalue weighted by Crippen LogP contribution is 2.22. The van der Waals surface area contributed by atoms with E-state index in [1.54, 1.807) is 6.08 Å². The molecule has 6 N–H and O–H groups in total. The van der Waals surface area contributed by atoms with Gasteiger partial charge in [0.25, 0.3) is 0 Å². The zero-order chi connectivity index (χ0) is 34.5. The molecule has 47 heavy (non-hydrogen) atoms. The van der Waals surface area contributed by atoms with Crippen LogP contribution in [0.3, 0.4) is 0 Å². The standard InChI is InChI=1S/C38H63NO8/c1-3-5-7-9-11-13-14-15-16-17-18-20-22-24-26-28-34(42)39-31(32(41)27-25-23-21-19-12-10-8-6-4-2)30-46-38-37(45)36(44)35(43)33(29-40)47-38/h5,7,11-13,15-16,18-20,25,27,31-33,35-38,40-41,43-45H,3-4,6,8-10,14,17,21-24,26,28-30H2,1-2H3,(H,39,42)/b7-5-,13-11-,16-15-,19-12+,20-18-,27-25+. The molecule has 1 aliphatic rings. The molecule has 0 bridgehead atoms. The summed E-state index contributed by atoms with van der Waals surface area (Å²) in [5.74, 6) is -0.236. The molecule has 268 valence electrons. The van der Waals surface area contributed by atoms with E-state index in [0.29, 0.717) is 6.42 Å². The first kappa shape index (κ1) is 42.7. The Labute approximate surface area is 283 Å². The van der Waals surface area contributed by atoms with Crippen molar-refractivity contribution in [3.8, 4) is 0 Å². The van der Waals surface area contributed by atoms with Crippen molar-refractivity contribution in [2.75, 3.05) is 13.2 Å². The normalized spacial score (nSPS) is 23.8. The quantitative estimate of drug-likeness (QED) is 0.0527. The van der Waals surface area contributed by atoms with Crippen LogP contribution in [0, 0.1) is 0 Å². The Bertz CT molecular complexity index is 957. The highest BCUT2D eigenvalue weighted by atomic mass is 16.7. The van der Waals surface area contributed by atoms with Gasteiger partial charge in [0.1, 0.15) is 24.4 Å². The molecule has 0 spiro atoms. The van der Waals surface area contributed by atoms with Crippen molar-refractivity contribution in [2.24, 2.45) is 0 Å². The molecule has 1 amide bonds. The van der Waals surface area contributed by atoms with E-state index in [1.165, 1.54) is 19.3 Å². The minimum Gasteiger partial charge on any atom is -0.394 e. The second-order valence-electron chi connectivity index (χ2n) is 11.9. The predicted molar refractivity (Wildman–Crippen MR) is 188 cm³/mol. The molecule has 9 heteroatoms. The van der Waals surface area contributed by atoms with Crippen molar-refractivity contribution in [3.05, 3.63) is 72.9 Å². The monoisotopic (exact) mass is 661 g/mol. The molecule has 1 saturated heterocycles. The number of allylic oxidation sites excluding steroid dienone is 11. The Hall–Kier alpha value is -2.37. The van der Waals surface area contributed by atoms with E-state index in [-0.39, 0.29) is 18.9 Å². The summed E-state index contributed by atoms with van der Waals surface area (Å²) in [5, 5.41) is 53.6. The van der Waals surface area contributed by atoms with Crippen molar-refractivity contribution in [1.29, 1.82) is 0 Å². The van der Waals surface area contributed by atoms with Crippen LogP contribution in [-0.2, 0) is 14.3 Å². The lowest BCUT2D eigenvalue weighted by molar-refractivity contribution is -0.302. The molecule has 0 aromatic carbocycles. The highest BCUT2D eigenvalue weighted by molar-refractivity contribution is 5.76. The first-order valence-electron chi connectivity index (χ1n) is 17.7. The van der Waals surface area contributed by atoms with E-state index in [0.717, 1.165) is 57.8 Å². The van der Waals surface area contributed by atoms with Crippen LogP contribution in [0.25, 0.3) is 0 Å². The fourth-order valence-electron chi connectivity index (χ4n) is 4.86. The predicted octanol–water partition coefficient (Wildman–Crippen LogP) is 5.49. The third kappa shape index (κ3) is 20.6. The number of amides is 1. The number of unbranched alkanes of at least 4 members (excludes halogenated alkanes) is 6. The Morgan fingerprint density at radius 1 is 0.745 bits per heavy atom. The van der Waals surface area contributed by atoms with Gasteiger partial charge in [-0.25, -0.2) is 0 Å². The fourth-order valence-corrected chi connectivity index (χ4v) is 4.86. The van der Waals surface area contributed by atoms with E-state index in [9.17, 15) is 30.3 Å². The molecule has 0 aromatic heterocycles. The first-order chi connectivity index (χ1) is 22.8. The lowest BCUT2D eigenvalue weighted by Crippen LogP contribution is -2.60. The summed E-state index contributed by atoms with van der Waals surface area (Å²) in [5.41, 5.74) is 0. The summed E-state index contributed by atoms with van der Waals surface area (Å²) < 4.78 is 11.1. The minimum atomic E-state index is -1.58. The van der Waals surface area contributed by atoms with Crippen LogP contribution >= 0.6 is 0 Å². The Balaban J connectivity index is 2.54. The second kappa shape index (κ2) is 28.6. The van der Waals surface area contributed by atoms with Gasteiger partial charge >= 0.3 is 0 Å². The third-order valence-corrected chi connectivity index (χ3v) is 7.76. The lowest BCUT2D eigenvalue weighted by atomic mass is 9.99. The molecular formula is C38H63NO8. The number of hydrogen-bond acceptors (Lipinski definition) is 8. The molecule has 0 aromatic rings. The van der Waals surface area contributed by atoms with Crippen molar-refractivity contribution in [2.45, 2.75) is 147 Å². The third-order valence-electron chi connectivity index (χ3n) is 7.76. The number of rotatable bonds is 26. The van der Waals surface area contributed by atoms with Gasteiger partial charge in [0, 0.05) is 6.42 Å². The molecule has 7 unspecified atom stereocenters. The summed E-state index contributed by atoms with van der Waals surface area (Å²) in [4.78, 5) is 12.8. The molecule has 1 heterocycles. The Morgan fingerprint density at radius 2 is 1.32 bits per heavy atom. The lowest BCUT2D eigenvalue weighted by Gasteiger charge is -2.40. The highest BCUT2D eigenvalue weighted by Gasteiger charge is 2.44. The maximum absolute atomic E-state index is 12.8. The molecule has 1 aliphatic heterocycles. The smallest absolute Gasteiger partial charge is 0.220 e. The average Bonchev–Trinajstić information content (AvgIpc) is 3.07. The van der Waals surface area contributed by atoms with Crippen LogP contribution in [0.4, 0.5) is 0 Å². The van der Waals surface area contributed by atoms with Gasteiger partial charge in [-0.3, -0.25) is 4.79 Å². The topological polar surface area (TPSA) is 149 Å². The summed E-state index contributed by atoms with van der Waals surface area (Å²) in [7, 11) is 0. The zero-order valence-corrected chi connectivity index (χ0v) is 28.7. The number of aliphatic hydroxyl groups excluding tert-OH is 5. The summed E-state index contributed by atoms with van der Waals surface area (Å²) in [6, 6.07) is -0.843. The van der Waals surface area contributed by atoms with Gasteiger partial charge in [0.15, 0.2) is 6.29 Å². The number of ether oxygens (including phenoxy) is 2. The molecule has 9 nitrogen and oxygen atoms in total. The van der Waals surface area contributed by atoms with Crippen LogP contribution in [0.5, 0.6) is 0 Å². The molecule has 0 aliphatic carbocycles. The van der Waals surface area contributed by atoms with Crippen LogP contribution in [0.1, 0.15) is 104 Å². The summed E-state index contributed by atoms with van der Waals surface area (Å²) >= 11 is 0. The van der Waals surface area contributed by atoms with Gasteiger partial charge in [-0.1, -0.05) is 99.6 Å². The van der Waals surface area contributed by atoms with Gasteiger partial charge in [-0.15, -0.1) is 0 Å². The molecular weight excluding hydrogens is 598 g/mol. The fraction of sp³-hybridized carbons (Fsp3) is 0.658. The van der Waals surface area contributed by atoms with Crippen LogP contribution in [-0.4, -0.2) is 87.5 Å². The van der Waals surface area contributed by atoms with E-state index in [2.05, 4.69) is 79.9 Å². The number of carbonyl (C=O) groups is 1. The zero-order valence-electron chi connectivity index (χ0n) is 28.7. The van der Waals surface area contributed by atoms with Gasteiger partial charge in [-0.05, 0) is 70.6 Å². The number of carbonyl (C=O) groups excluding carboxylic acids is 1. The molecule has 0 radical (unpaired) electrons. The number of nitrogens with one attached hydrogen (secondary N) is 1. The molecule has 1 rings (SSSR count). The number of aliphatic hydroxyl groups is 5. The van der Waals surface area contributed by atoms with Crippen LogP contribution in [0.15, 0.2) is 72.9 Å². The van der Waals surface area contributed by atoms with E-state index < -0.39 is 49.5 Å². The Kier molecular flexibility index (Phi) is 26.0. The number of hydrogen-bond donors (Lipinski definition) is 6. The van der Waals surface area contributed by atoms with Gasteiger partial charge in [0.2, 0.25) is 5.91 Å². The summed E-state index contributed by atoms with van der Waals surface area (Å²) in [6.07, 6.45) is 29.6. The maximum atomic E-state index is 12.8. The van der Waals surface area contributed by atoms with Crippen molar-refractivity contribution in [1.82, 2.24) is 5.32 Å². The molecule has 7 atom stereocenters. The van der Waals surface area contributed by atoms with Crippen molar-refractivity contribution < 1.29 is 39.8 Å². The van der Waals surface area contributed by atoms with Crippen LogP contribution in [0.2, 0.25) is 0 Å². The molecule has 1 fully saturated rings. The van der Waals surface area contributed by atoms with Crippen LogP contribution < -0.4 is 5.32 Å². The maximum Gasteiger partial charge on any atom is 0.220 e. The van der Waals surface area contributed by atoms with Gasteiger partial charge in [-0.2, -0.15) is 0 Å². The second-order valence-corrected chi connectivity index (χ2v) is 11.9. The van der Waals surface area contributed by atoms with Gasteiger partial charge < -0.3 is 40.3 Å². The van der Waals surface area contributed by atoms with E-state index in [4.69, 9.17) is 9.47 Å². The summed E-state index contributed by atoms with van der Waals surface area (Å²) in [6.45, 7) is 3.51. The average molecular weight is 662 g/mol. The molecule has 0 saturated carbocycles. The first-order valence-corrected chi connectivity index (χ1v) is 17.7.